The number of hydrogen-bond acceptors (Lipinski definition) is 8. The van der Waals surface area contributed by atoms with E-state index in [1.165, 1.54) is 0 Å². The Morgan fingerprint density at radius 1 is 1.29 bits per heavy atom. The Morgan fingerprint density at radius 3 is 2.46 bits per heavy atom. The first-order chi connectivity index (χ1) is 11.1. The number of carbonyl (C=O) groups is 1. The molecule has 138 valence electrons. The lowest BCUT2D eigenvalue weighted by Crippen LogP contribution is -2.59. The van der Waals surface area contributed by atoms with E-state index in [0.717, 1.165) is 0 Å². The third kappa shape index (κ3) is 4.14. The van der Waals surface area contributed by atoms with E-state index >= 15 is 0 Å². The molecule has 8 nitrogen and oxygen atoms in total. The lowest BCUT2D eigenvalue weighted by atomic mass is 9.79. The van der Waals surface area contributed by atoms with Crippen LogP contribution in [-0.2, 0) is 14.3 Å². The second-order valence-electron chi connectivity index (χ2n) is 6.96. The summed E-state index contributed by atoms with van der Waals surface area (Å²) in [6, 6.07) is 0. The van der Waals surface area contributed by atoms with Gasteiger partial charge in [-0.1, -0.05) is 6.08 Å². The highest BCUT2D eigenvalue weighted by Gasteiger charge is 2.45. The fourth-order valence-corrected chi connectivity index (χ4v) is 3.01. The molecule has 0 bridgehead atoms. The first kappa shape index (κ1) is 19.3. The Balaban J connectivity index is 1.98. The summed E-state index contributed by atoms with van der Waals surface area (Å²) in [6.45, 7) is 2.86. The van der Waals surface area contributed by atoms with Crippen LogP contribution < -0.4 is 0 Å². The van der Waals surface area contributed by atoms with Crippen LogP contribution in [-0.4, -0.2) is 74.4 Å². The van der Waals surface area contributed by atoms with Crippen LogP contribution in [0.15, 0.2) is 11.6 Å². The molecule has 0 unspecified atom stereocenters. The van der Waals surface area contributed by atoms with Crippen molar-refractivity contribution in [2.75, 3.05) is 6.61 Å². The lowest BCUT2D eigenvalue weighted by Gasteiger charge is -2.39. The molecular weight excluding hydrogens is 320 g/mol. The SMILES string of the molecule is CC(C)(O)[C@@H]1CC=C(C(=O)O[C@@H]2O[C@H](CO)[C@@H](O)[C@H](O)[C@H]2O)CC1. The zero-order valence-corrected chi connectivity index (χ0v) is 13.8. The van der Waals surface area contributed by atoms with Crippen LogP contribution in [0, 0.1) is 5.92 Å². The second kappa shape index (κ2) is 7.47. The minimum absolute atomic E-state index is 0.0429. The quantitative estimate of drug-likeness (QED) is 0.402. The zero-order chi connectivity index (χ0) is 18.1. The molecule has 0 radical (unpaired) electrons. The van der Waals surface area contributed by atoms with E-state index < -0.39 is 48.9 Å². The third-order valence-corrected chi connectivity index (χ3v) is 4.74. The Bertz CT molecular complexity index is 481. The van der Waals surface area contributed by atoms with Crippen molar-refractivity contribution in [1.82, 2.24) is 0 Å². The van der Waals surface area contributed by atoms with Gasteiger partial charge in [0.2, 0.25) is 6.29 Å². The van der Waals surface area contributed by atoms with E-state index in [4.69, 9.17) is 14.6 Å². The third-order valence-electron chi connectivity index (χ3n) is 4.74. The molecule has 1 aliphatic carbocycles. The molecule has 24 heavy (non-hydrogen) atoms. The van der Waals surface area contributed by atoms with Crippen molar-refractivity contribution in [3.63, 3.8) is 0 Å². The number of ether oxygens (including phenoxy) is 2. The first-order valence-electron chi connectivity index (χ1n) is 8.08. The zero-order valence-electron chi connectivity index (χ0n) is 13.8. The summed E-state index contributed by atoms with van der Waals surface area (Å²) in [5.74, 6) is -0.644. The van der Waals surface area contributed by atoms with E-state index in [2.05, 4.69) is 0 Å². The van der Waals surface area contributed by atoms with E-state index in [-0.39, 0.29) is 5.92 Å². The van der Waals surface area contributed by atoms with Crippen LogP contribution in [0.3, 0.4) is 0 Å². The molecule has 8 heteroatoms. The van der Waals surface area contributed by atoms with Gasteiger partial charge in [-0.15, -0.1) is 0 Å². The number of aliphatic hydroxyl groups excluding tert-OH is 4. The molecule has 0 amide bonds. The molecular formula is C16H26O8. The molecule has 2 rings (SSSR count). The van der Waals surface area contributed by atoms with Gasteiger partial charge in [0.1, 0.15) is 24.4 Å². The van der Waals surface area contributed by atoms with Crippen molar-refractivity contribution in [2.24, 2.45) is 5.92 Å². The van der Waals surface area contributed by atoms with Gasteiger partial charge in [-0.05, 0) is 39.0 Å². The molecule has 6 atom stereocenters. The molecule has 5 N–H and O–H groups in total. The van der Waals surface area contributed by atoms with Crippen LogP contribution in [0.4, 0.5) is 0 Å². The van der Waals surface area contributed by atoms with Crippen molar-refractivity contribution in [3.8, 4) is 0 Å². The summed E-state index contributed by atoms with van der Waals surface area (Å²) in [7, 11) is 0. The van der Waals surface area contributed by atoms with Gasteiger partial charge in [-0.25, -0.2) is 4.79 Å². The van der Waals surface area contributed by atoms with Gasteiger partial charge in [-0.3, -0.25) is 0 Å². The van der Waals surface area contributed by atoms with Crippen LogP contribution >= 0.6 is 0 Å². The summed E-state index contributed by atoms with van der Waals surface area (Å²) in [5, 5.41) is 48.4. The van der Waals surface area contributed by atoms with E-state index in [1.54, 1.807) is 19.9 Å². The first-order valence-corrected chi connectivity index (χ1v) is 8.08. The van der Waals surface area contributed by atoms with Crippen LogP contribution in [0.25, 0.3) is 0 Å². The molecule has 0 saturated carbocycles. The second-order valence-corrected chi connectivity index (χ2v) is 6.96. The molecule has 1 saturated heterocycles. The molecule has 2 aliphatic rings. The highest BCUT2D eigenvalue weighted by molar-refractivity contribution is 5.88. The number of rotatable bonds is 4. The van der Waals surface area contributed by atoms with Gasteiger partial charge in [0.25, 0.3) is 0 Å². The Labute approximate surface area is 140 Å². The predicted octanol–water partition coefficient (Wildman–Crippen LogP) is -1.17. The molecule has 1 fully saturated rings. The number of hydrogen-bond donors (Lipinski definition) is 5. The smallest absolute Gasteiger partial charge is 0.336 e. The van der Waals surface area contributed by atoms with Crippen molar-refractivity contribution < 1.29 is 39.8 Å². The predicted molar refractivity (Wildman–Crippen MR) is 81.6 cm³/mol. The van der Waals surface area contributed by atoms with E-state index in [0.29, 0.717) is 24.8 Å². The van der Waals surface area contributed by atoms with Gasteiger partial charge in [-0.2, -0.15) is 0 Å². The van der Waals surface area contributed by atoms with Crippen LogP contribution in [0.1, 0.15) is 33.1 Å². The van der Waals surface area contributed by atoms with Gasteiger partial charge >= 0.3 is 5.97 Å². The summed E-state index contributed by atoms with van der Waals surface area (Å²) >= 11 is 0. The van der Waals surface area contributed by atoms with Gasteiger partial charge in [0, 0.05) is 5.57 Å². The highest BCUT2D eigenvalue weighted by Crippen LogP contribution is 2.32. The standard InChI is InChI=1S/C16H26O8/c1-16(2,22)9-5-3-8(4-6-9)14(21)24-15-13(20)12(19)11(18)10(7-17)23-15/h3,9-13,15,17-20,22H,4-7H2,1-2H3/t9-,10-,11-,12+,13-,15+/m1/s1. The average molecular weight is 346 g/mol. The minimum atomic E-state index is -1.61. The van der Waals surface area contributed by atoms with E-state index in [9.17, 15) is 25.2 Å². The Kier molecular flexibility index (Phi) is 6.00. The summed E-state index contributed by atoms with van der Waals surface area (Å²) in [4.78, 5) is 12.2. The maximum atomic E-state index is 12.2. The maximum absolute atomic E-state index is 12.2. The molecule has 0 spiro atoms. The van der Waals surface area contributed by atoms with Crippen LogP contribution in [0.2, 0.25) is 0 Å². The summed E-state index contributed by atoms with van der Waals surface area (Å²) < 4.78 is 10.2. The molecule has 1 aliphatic heterocycles. The van der Waals surface area contributed by atoms with Crippen LogP contribution in [0.5, 0.6) is 0 Å². The normalized spacial score (nSPS) is 37.7. The van der Waals surface area contributed by atoms with Gasteiger partial charge in [0.15, 0.2) is 0 Å². The maximum Gasteiger partial charge on any atom is 0.336 e. The van der Waals surface area contributed by atoms with Gasteiger partial charge < -0.3 is 35.0 Å². The topological polar surface area (TPSA) is 137 Å². The van der Waals surface area contributed by atoms with Crippen molar-refractivity contribution in [2.45, 2.75) is 69.4 Å². The van der Waals surface area contributed by atoms with Gasteiger partial charge in [0.05, 0.1) is 12.2 Å². The van der Waals surface area contributed by atoms with Crippen molar-refractivity contribution in [3.05, 3.63) is 11.6 Å². The number of esters is 1. The van der Waals surface area contributed by atoms with Crippen molar-refractivity contribution in [1.29, 1.82) is 0 Å². The summed E-state index contributed by atoms with van der Waals surface area (Å²) in [5.41, 5.74) is -0.420. The van der Waals surface area contributed by atoms with E-state index in [1.807, 2.05) is 0 Å². The molecule has 1 heterocycles. The largest absolute Gasteiger partial charge is 0.429 e. The number of aliphatic hydroxyl groups is 5. The molecule has 0 aromatic carbocycles. The highest BCUT2D eigenvalue weighted by atomic mass is 16.7. The lowest BCUT2D eigenvalue weighted by molar-refractivity contribution is -0.291. The Hall–Kier alpha value is -1.03. The Morgan fingerprint density at radius 2 is 1.96 bits per heavy atom. The summed E-state index contributed by atoms with van der Waals surface area (Å²) in [6.07, 6.45) is -4.03. The number of allylic oxidation sites excluding steroid dienone is 1. The van der Waals surface area contributed by atoms with Crippen molar-refractivity contribution >= 4 is 5.97 Å². The average Bonchev–Trinajstić information content (AvgIpc) is 2.54. The monoisotopic (exact) mass is 346 g/mol. The fourth-order valence-electron chi connectivity index (χ4n) is 3.01. The molecule has 0 aromatic rings. The number of carbonyl (C=O) groups excluding carboxylic acids is 1. The minimum Gasteiger partial charge on any atom is -0.429 e. The molecule has 0 aromatic heterocycles. The fraction of sp³-hybridized carbons (Fsp3) is 0.812.